The molecule has 2 aliphatic carbocycles. The SMILES string of the molecule is Cc1ccc(C(O)(C(=O)NC2C3CNCC32)C2CCCCC2)cc1. The van der Waals surface area contributed by atoms with E-state index in [2.05, 4.69) is 10.6 Å². The van der Waals surface area contributed by atoms with Crippen molar-refractivity contribution in [2.45, 2.75) is 50.7 Å². The zero-order valence-electron chi connectivity index (χ0n) is 14.4. The second-order valence-corrected chi connectivity index (χ2v) is 7.95. The van der Waals surface area contributed by atoms with Gasteiger partial charge in [0.15, 0.2) is 5.60 Å². The number of amides is 1. The molecule has 0 bridgehead atoms. The molecule has 3 unspecified atom stereocenters. The van der Waals surface area contributed by atoms with Crippen LogP contribution in [-0.4, -0.2) is 30.1 Å². The van der Waals surface area contributed by atoms with Crippen LogP contribution < -0.4 is 10.6 Å². The van der Waals surface area contributed by atoms with Gasteiger partial charge in [0.1, 0.15) is 0 Å². The van der Waals surface area contributed by atoms with Crippen molar-refractivity contribution >= 4 is 5.91 Å². The van der Waals surface area contributed by atoms with Crippen LogP contribution in [0.15, 0.2) is 24.3 Å². The van der Waals surface area contributed by atoms with Crippen LogP contribution in [0.1, 0.15) is 43.2 Å². The first-order chi connectivity index (χ1) is 11.6. The predicted octanol–water partition coefficient (Wildman–Crippen LogP) is 2.10. The maximum absolute atomic E-state index is 13.1. The van der Waals surface area contributed by atoms with Gasteiger partial charge in [-0.15, -0.1) is 0 Å². The lowest BCUT2D eigenvalue weighted by Crippen LogP contribution is -2.51. The average Bonchev–Trinajstić information content (AvgIpc) is 3.04. The lowest BCUT2D eigenvalue weighted by molar-refractivity contribution is -0.149. The standard InChI is InChI=1S/C20H28N2O2/c1-13-7-9-15(10-8-13)20(24,14-5-3-2-4-6-14)19(23)22-18-16-11-21-12-17(16)18/h7-10,14,16-18,21,24H,2-6,11-12H2,1H3,(H,22,23). The van der Waals surface area contributed by atoms with Crippen LogP contribution in [0.2, 0.25) is 0 Å². The van der Waals surface area contributed by atoms with Crippen LogP contribution in [0, 0.1) is 24.7 Å². The normalized spacial score (nSPS) is 32.0. The topological polar surface area (TPSA) is 61.4 Å². The Labute approximate surface area is 144 Å². The fourth-order valence-electron chi connectivity index (χ4n) is 4.77. The number of aliphatic hydroxyl groups is 1. The highest BCUT2D eigenvalue weighted by atomic mass is 16.3. The van der Waals surface area contributed by atoms with Crippen molar-refractivity contribution in [3.8, 4) is 0 Å². The quantitative estimate of drug-likeness (QED) is 0.793. The molecule has 4 heteroatoms. The lowest BCUT2D eigenvalue weighted by Gasteiger charge is -2.38. The highest BCUT2D eigenvalue weighted by Crippen LogP contribution is 2.44. The van der Waals surface area contributed by atoms with Crippen molar-refractivity contribution < 1.29 is 9.90 Å². The second kappa shape index (κ2) is 6.16. The molecule has 24 heavy (non-hydrogen) atoms. The molecule has 1 heterocycles. The molecule has 1 aliphatic heterocycles. The number of hydrogen-bond acceptors (Lipinski definition) is 3. The molecule has 3 atom stereocenters. The van der Waals surface area contributed by atoms with Crippen molar-refractivity contribution in [2.24, 2.45) is 17.8 Å². The summed E-state index contributed by atoms with van der Waals surface area (Å²) >= 11 is 0. The van der Waals surface area contributed by atoms with Gasteiger partial charge >= 0.3 is 0 Å². The van der Waals surface area contributed by atoms with Gasteiger partial charge in [-0.25, -0.2) is 0 Å². The van der Waals surface area contributed by atoms with Crippen molar-refractivity contribution in [3.05, 3.63) is 35.4 Å². The second-order valence-electron chi connectivity index (χ2n) is 7.95. The van der Waals surface area contributed by atoms with Crippen LogP contribution in [0.3, 0.4) is 0 Å². The maximum atomic E-state index is 13.1. The number of fused-ring (bicyclic) bond motifs is 1. The molecule has 4 nitrogen and oxygen atoms in total. The van der Waals surface area contributed by atoms with Gasteiger partial charge in [-0.1, -0.05) is 49.1 Å². The van der Waals surface area contributed by atoms with E-state index in [1.165, 1.54) is 6.42 Å². The minimum atomic E-state index is -1.39. The van der Waals surface area contributed by atoms with Crippen molar-refractivity contribution in [1.82, 2.24) is 10.6 Å². The molecule has 3 N–H and O–H groups in total. The van der Waals surface area contributed by atoms with Gasteiger partial charge in [0, 0.05) is 25.0 Å². The van der Waals surface area contributed by atoms with Gasteiger partial charge < -0.3 is 15.7 Å². The summed E-state index contributed by atoms with van der Waals surface area (Å²) in [4.78, 5) is 13.1. The monoisotopic (exact) mass is 328 g/mol. The van der Waals surface area contributed by atoms with Gasteiger partial charge in [-0.3, -0.25) is 4.79 Å². The summed E-state index contributed by atoms with van der Waals surface area (Å²) in [5, 5.41) is 18.1. The van der Waals surface area contributed by atoms with Gasteiger partial charge in [0.05, 0.1) is 0 Å². The third-order valence-corrected chi connectivity index (χ3v) is 6.42. The van der Waals surface area contributed by atoms with E-state index in [0.29, 0.717) is 11.8 Å². The molecule has 1 saturated heterocycles. The number of aryl methyl sites for hydroxylation is 1. The molecular weight excluding hydrogens is 300 g/mol. The van der Waals surface area contributed by atoms with E-state index in [1.54, 1.807) is 0 Å². The molecule has 4 rings (SSSR count). The van der Waals surface area contributed by atoms with Gasteiger partial charge in [0.2, 0.25) is 0 Å². The molecule has 1 aromatic rings. The third-order valence-electron chi connectivity index (χ3n) is 6.42. The summed E-state index contributed by atoms with van der Waals surface area (Å²) in [5.74, 6) is 0.952. The average molecular weight is 328 g/mol. The highest BCUT2D eigenvalue weighted by Gasteiger charge is 2.56. The zero-order chi connectivity index (χ0) is 16.7. The first kappa shape index (κ1) is 16.1. The van der Waals surface area contributed by atoms with Crippen molar-refractivity contribution in [1.29, 1.82) is 0 Å². The zero-order valence-corrected chi connectivity index (χ0v) is 14.4. The lowest BCUT2D eigenvalue weighted by atomic mass is 9.72. The number of carbonyl (C=O) groups is 1. The Morgan fingerprint density at radius 2 is 1.75 bits per heavy atom. The molecule has 0 aromatic heterocycles. The fourth-order valence-corrected chi connectivity index (χ4v) is 4.77. The highest BCUT2D eigenvalue weighted by molar-refractivity contribution is 5.87. The molecule has 130 valence electrons. The summed E-state index contributed by atoms with van der Waals surface area (Å²) in [7, 11) is 0. The first-order valence-corrected chi connectivity index (χ1v) is 9.42. The number of carbonyl (C=O) groups excluding carboxylic acids is 1. The Kier molecular flexibility index (Phi) is 4.13. The molecule has 2 saturated carbocycles. The number of nitrogens with one attached hydrogen (secondary N) is 2. The molecule has 1 amide bonds. The minimum absolute atomic E-state index is 0.0191. The third kappa shape index (κ3) is 2.66. The van der Waals surface area contributed by atoms with Crippen LogP contribution >= 0.6 is 0 Å². The Balaban J connectivity index is 1.59. The summed E-state index contributed by atoms with van der Waals surface area (Å²) < 4.78 is 0. The van der Waals surface area contributed by atoms with E-state index < -0.39 is 5.60 Å². The van der Waals surface area contributed by atoms with Gasteiger partial charge in [-0.05, 0) is 37.2 Å². The Bertz CT molecular complexity index is 599. The Morgan fingerprint density at radius 3 is 2.38 bits per heavy atom. The van der Waals surface area contributed by atoms with E-state index in [4.69, 9.17) is 0 Å². The van der Waals surface area contributed by atoms with E-state index in [9.17, 15) is 9.90 Å². The number of piperidine rings is 1. The van der Waals surface area contributed by atoms with Crippen molar-refractivity contribution in [2.75, 3.05) is 13.1 Å². The maximum Gasteiger partial charge on any atom is 0.257 e. The molecule has 3 fully saturated rings. The van der Waals surface area contributed by atoms with E-state index in [1.807, 2.05) is 31.2 Å². The Morgan fingerprint density at radius 1 is 1.12 bits per heavy atom. The molecule has 3 aliphatic rings. The van der Waals surface area contributed by atoms with Crippen LogP contribution in [0.5, 0.6) is 0 Å². The summed E-state index contributed by atoms with van der Waals surface area (Å²) in [6.07, 6.45) is 5.27. The first-order valence-electron chi connectivity index (χ1n) is 9.42. The fraction of sp³-hybridized carbons (Fsp3) is 0.650. The van der Waals surface area contributed by atoms with E-state index in [-0.39, 0.29) is 17.9 Å². The molecular formula is C20H28N2O2. The molecule has 0 spiro atoms. The molecule has 0 radical (unpaired) electrons. The minimum Gasteiger partial charge on any atom is -0.375 e. The van der Waals surface area contributed by atoms with Crippen LogP contribution in [-0.2, 0) is 10.4 Å². The number of hydrogen-bond donors (Lipinski definition) is 3. The number of rotatable bonds is 4. The van der Waals surface area contributed by atoms with Crippen LogP contribution in [0.25, 0.3) is 0 Å². The predicted molar refractivity (Wildman–Crippen MR) is 93.4 cm³/mol. The largest absolute Gasteiger partial charge is 0.375 e. The summed E-state index contributed by atoms with van der Waals surface area (Å²) in [5.41, 5.74) is 0.507. The smallest absolute Gasteiger partial charge is 0.257 e. The Hall–Kier alpha value is -1.39. The van der Waals surface area contributed by atoms with Crippen molar-refractivity contribution in [3.63, 3.8) is 0 Å². The summed E-state index contributed by atoms with van der Waals surface area (Å²) in [6, 6.07) is 8.09. The summed E-state index contributed by atoms with van der Waals surface area (Å²) in [6.45, 7) is 4.01. The number of benzene rings is 1. The van der Waals surface area contributed by atoms with E-state index >= 15 is 0 Å². The van der Waals surface area contributed by atoms with E-state index in [0.717, 1.165) is 49.9 Å². The van der Waals surface area contributed by atoms with Gasteiger partial charge in [-0.2, -0.15) is 0 Å². The van der Waals surface area contributed by atoms with Crippen LogP contribution in [0.4, 0.5) is 0 Å². The molecule has 1 aromatic carbocycles. The van der Waals surface area contributed by atoms with Gasteiger partial charge in [0.25, 0.3) is 5.91 Å².